The van der Waals surface area contributed by atoms with Crippen molar-refractivity contribution >= 4 is 15.9 Å². The van der Waals surface area contributed by atoms with Crippen LogP contribution in [0, 0.1) is 5.82 Å². The second kappa shape index (κ2) is 6.25. The van der Waals surface area contributed by atoms with Gasteiger partial charge in [0.25, 0.3) is 0 Å². The number of aryl methyl sites for hydroxylation is 1. The van der Waals surface area contributed by atoms with E-state index in [2.05, 4.69) is 26.0 Å². The molecule has 1 aromatic heterocycles. The van der Waals surface area contributed by atoms with Crippen molar-refractivity contribution in [3.63, 3.8) is 0 Å². The van der Waals surface area contributed by atoms with Gasteiger partial charge in [0.2, 0.25) is 0 Å². The van der Waals surface area contributed by atoms with E-state index >= 15 is 0 Å². The van der Waals surface area contributed by atoms with Crippen LogP contribution in [-0.4, -0.2) is 19.9 Å². The number of aromatic nitrogens is 3. The van der Waals surface area contributed by atoms with Crippen LogP contribution in [0.25, 0.3) is 0 Å². The standard InChI is InChI=1S/C13H15BrFN3O/c1-2-5-18-13(16-8-17-18)7-12(19)10-4-3-9(14)6-11(10)15/h3-4,6,8,12,19H,2,5,7H2,1H3. The van der Waals surface area contributed by atoms with Gasteiger partial charge in [0, 0.05) is 23.0 Å². The van der Waals surface area contributed by atoms with E-state index in [-0.39, 0.29) is 12.0 Å². The lowest BCUT2D eigenvalue weighted by Crippen LogP contribution is -2.11. The summed E-state index contributed by atoms with van der Waals surface area (Å²) in [5.74, 6) is 0.236. The Morgan fingerprint density at radius 1 is 1.47 bits per heavy atom. The van der Waals surface area contributed by atoms with Crippen molar-refractivity contribution in [2.75, 3.05) is 0 Å². The zero-order valence-corrected chi connectivity index (χ0v) is 12.1. The second-order valence-corrected chi connectivity index (χ2v) is 5.20. The van der Waals surface area contributed by atoms with Crippen molar-refractivity contribution in [2.24, 2.45) is 0 Å². The molecule has 0 saturated carbocycles. The topological polar surface area (TPSA) is 50.9 Å². The monoisotopic (exact) mass is 327 g/mol. The average Bonchev–Trinajstić information content (AvgIpc) is 2.77. The van der Waals surface area contributed by atoms with E-state index in [0.717, 1.165) is 13.0 Å². The molecule has 0 aliphatic carbocycles. The minimum Gasteiger partial charge on any atom is -0.388 e. The van der Waals surface area contributed by atoms with E-state index in [0.29, 0.717) is 10.3 Å². The highest BCUT2D eigenvalue weighted by Crippen LogP contribution is 2.23. The summed E-state index contributed by atoms with van der Waals surface area (Å²) in [6.45, 7) is 2.78. The quantitative estimate of drug-likeness (QED) is 0.918. The van der Waals surface area contributed by atoms with Gasteiger partial charge in [0.05, 0.1) is 6.10 Å². The first-order valence-electron chi connectivity index (χ1n) is 6.11. The Morgan fingerprint density at radius 3 is 2.95 bits per heavy atom. The van der Waals surface area contributed by atoms with Crippen LogP contribution < -0.4 is 0 Å². The average molecular weight is 328 g/mol. The third kappa shape index (κ3) is 3.39. The SMILES string of the molecule is CCCn1ncnc1CC(O)c1ccc(Br)cc1F. The fourth-order valence-electron chi connectivity index (χ4n) is 1.90. The molecule has 4 nitrogen and oxygen atoms in total. The van der Waals surface area contributed by atoms with E-state index in [1.807, 2.05) is 6.92 Å². The lowest BCUT2D eigenvalue weighted by Gasteiger charge is -2.12. The lowest BCUT2D eigenvalue weighted by atomic mass is 10.1. The number of rotatable bonds is 5. The Morgan fingerprint density at radius 2 is 2.26 bits per heavy atom. The van der Waals surface area contributed by atoms with E-state index < -0.39 is 11.9 Å². The molecule has 2 rings (SSSR count). The van der Waals surface area contributed by atoms with Gasteiger partial charge >= 0.3 is 0 Å². The molecule has 19 heavy (non-hydrogen) atoms. The molecule has 102 valence electrons. The number of aliphatic hydroxyl groups is 1. The van der Waals surface area contributed by atoms with Crippen LogP contribution in [0.2, 0.25) is 0 Å². The summed E-state index contributed by atoms with van der Waals surface area (Å²) in [6, 6.07) is 4.62. The van der Waals surface area contributed by atoms with Gasteiger partial charge in [-0.25, -0.2) is 9.37 Å². The molecule has 1 aromatic carbocycles. The summed E-state index contributed by atoms with van der Waals surface area (Å²) >= 11 is 3.19. The van der Waals surface area contributed by atoms with Gasteiger partial charge in [-0.3, -0.25) is 4.68 Å². The highest BCUT2D eigenvalue weighted by Gasteiger charge is 2.16. The molecule has 0 amide bonds. The first kappa shape index (κ1) is 14.1. The van der Waals surface area contributed by atoms with Gasteiger partial charge in [-0.15, -0.1) is 0 Å². The molecule has 0 radical (unpaired) electrons. The van der Waals surface area contributed by atoms with E-state index in [1.54, 1.807) is 16.8 Å². The smallest absolute Gasteiger partial charge is 0.138 e. The molecule has 0 fully saturated rings. The molecule has 1 heterocycles. The molecule has 1 atom stereocenters. The Hall–Kier alpha value is -1.27. The highest BCUT2D eigenvalue weighted by molar-refractivity contribution is 9.10. The summed E-state index contributed by atoms with van der Waals surface area (Å²) in [5.41, 5.74) is 0.272. The Kier molecular flexibility index (Phi) is 4.66. The molecule has 6 heteroatoms. The first-order chi connectivity index (χ1) is 9.11. The number of hydrogen-bond acceptors (Lipinski definition) is 3. The maximum absolute atomic E-state index is 13.7. The molecule has 1 unspecified atom stereocenters. The van der Waals surface area contributed by atoms with Crippen LogP contribution in [0.5, 0.6) is 0 Å². The summed E-state index contributed by atoms with van der Waals surface area (Å²) in [6.07, 6.45) is 1.71. The minimum absolute atomic E-state index is 0.249. The van der Waals surface area contributed by atoms with Crippen LogP contribution in [0.15, 0.2) is 29.0 Å². The summed E-state index contributed by atoms with van der Waals surface area (Å²) < 4.78 is 16.1. The fourth-order valence-corrected chi connectivity index (χ4v) is 2.23. The van der Waals surface area contributed by atoms with Crippen molar-refractivity contribution < 1.29 is 9.50 Å². The van der Waals surface area contributed by atoms with Crippen molar-refractivity contribution in [1.82, 2.24) is 14.8 Å². The zero-order valence-electron chi connectivity index (χ0n) is 10.6. The van der Waals surface area contributed by atoms with Gasteiger partial charge in [0.1, 0.15) is 18.0 Å². The minimum atomic E-state index is -0.923. The molecule has 1 N–H and O–H groups in total. The molecule has 0 saturated heterocycles. The first-order valence-corrected chi connectivity index (χ1v) is 6.90. The van der Waals surface area contributed by atoms with Gasteiger partial charge < -0.3 is 5.11 Å². The van der Waals surface area contributed by atoms with Crippen LogP contribution in [-0.2, 0) is 13.0 Å². The van der Waals surface area contributed by atoms with E-state index in [4.69, 9.17) is 0 Å². The fraction of sp³-hybridized carbons (Fsp3) is 0.385. The zero-order chi connectivity index (χ0) is 13.8. The van der Waals surface area contributed by atoms with Crippen molar-refractivity contribution in [2.45, 2.75) is 32.4 Å². The normalized spacial score (nSPS) is 12.6. The second-order valence-electron chi connectivity index (χ2n) is 4.29. The predicted molar refractivity (Wildman–Crippen MR) is 73.1 cm³/mol. The maximum Gasteiger partial charge on any atom is 0.138 e. The van der Waals surface area contributed by atoms with Gasteiger partial charge in [-0.2, -0.15) is 5.10 Å². The van der Waals surface area contributed by atoms with Crippen molar-refractivity contribution in [3.8, 4) is 0 Å². The van der Waals surface area contributed by atoms with Gasteiger partial charge in [0.15, 0.2) is 0 Å². The summed E-state index contributed by atoms with van der Waals surface area (Å²) in [7, 11) is 0. The van der Waals surface area contributed by atoms with Crippen molar-refractivity contribution in [1.29, 1.82) is 0 Å². The predicted octanol–water partition coefficient (Wildman–Crippen LogP) is 2.87. The molecule has 2 aromatic rings. The summed E-state index contributed by atoms with van der Waals surface area (Å²) in [5, 5.41) is 14.2. The van der Waals surface area contributed by atoms with Gasteiger partial charge in [-0.1, -0.05) is 28.9 Å². The Balaban J connectivity index is 2.16. The number of hydrogen-bond donors (Lipinski definition) is 1. The van der Waals surface area contributed by atoms with Gasteiger partial charge in [-0.05, 0) is 18.6 Å². The Bertz CT molecular complexity index is 559. The largest absolute Gasteiger partial charge is 0.388 e. The van der Waals surface area contributed by atoms with E-state index in [9.17, 15) is 9.50 Å². The molecule has 0 spiro atoms. The third-order valence-corrected chi connectivity index (χ3v) is 3.32. The van der Waals surface area contributed by atoms with Crippen LogP contribution in [0.1, 0.15) is 30.8 Å². The molecule has 0 aliphatic heterocycles. The molecule has 0 aliphatic rings. The van der Waals surface area contributed by atoms with Crippen LogP contribution >= 0.6 is 15.9 Å². The van der Waals surface area contributed by atoms with Crippen LogP contribution in [0.3, 0.4) is 0 Å². The lowest BCUT2D eigenvalue weighted by molar-refractivity contribution is 0.169. The number of benzene rings is 1. The number of halogens is 2. The maximum atomic E-state index is 13.7. The number of aliphatic hydroxyl groups excluding tert-OH is 1. The summed E-state index contributed by atoms with van der Waals surface area (Å²) in [4.78, 5) is 4.11. The number of nitrogens with zero attached hydrogens (tertiary/aromatic N) is 3. The third-order valence-electron chi connectivity index (χ3n) is 2.83. The highest BCUT2D eigenvalue weighted by atomic mass is 79.9. The van der Waals surface area contributed by atoms with Crippen LogP contribution in [0.4, 0.5) is 4.39 Å². The molecular formula is C13H15BrFN3O. The Labute approximate surface area is 119 Å². The molecule has 0 bridgehead atoms. The molecular weight excluding hydrogens is 313 g/mol. The van der Waals surface area contributed by atoms with E-state index in [1.165, 1.54) is 12.4 Å². The van der Waals surface area contributed by atoms with Crippen molar-refractivity contribution in [3.05, 3.63) is 46.2 Å².